The van der Waals surface area contributed by atoms with Gasteiger partial charge in [-0.1, -0.05) is 52.5 Å². The maximum atomic E-state index is 14.3. The maximum Gasteiger partial charge on any atom is 0.131 e. The third-order valence-electron chi connectivity index (χ3n) is 3.75. The first-order valence-electron chi connectivity index (χ1n) is 7.51. The monoisotopic (exact) mass is 286 g/mol. The molecule has 0 aliphatic heterocycles. The summed E-state index contributed by atoms with van der Waals surface area (Å²) in [6, 6.07) is 3.54. The van der Waals surface area contributed by atoms with Gasteiger partial charge in [0, 0.05) is 5.56 Å². The Bertz CT molecular complexity index is 581. The summed E-state index contributed by atoms with van der Waals surface area (Å²) in [5, 5.41) is 0. The van der Waals surface area contributed by atoms with E-state index >= 15 is 0 Å². The van der Waals surface area contributed by atoms with Gasteiger partial charge in [0.2, 0.25) is 0 Å². The Morgan fingerprint density at radius 3 is 2.24 bits per heavy atom. The Kier molecular flexibility index (Phi) is 5.71. The molecule has 114 valence electrons. The summed E-state index contributed by atoms with van der Waals surface area (Å²) in [4.78, 5) is 0. The van der Waals surface area contributed by atoms with Gasteiger partial charge in [-0.05, 0) is 60.1 Å². The van der Waals surface area contributed by atoms with E-state index in [9.17, 15) is 4.39 Å². The molecule has 0 atom stereocenters. The lowest BCUT2D eigenvalue weighted by molar-refractivity contribution is 0.519. The fourth-order valence-electron chi connectivity index (χ4n) is 1.93. The topological polar surface area (TPSA) is 0 Å². The molecule has 0 bridgehead atoms. The Morgan fingerprint density at radius 2 is 1.71 bits per heavy atom. The lowest BCUT2D eigenvalue weighted by Gasteiger charge is -2.19. The fraction of sp³-hybridized carbons (Fsp3) is 0.400. The molecule has 1 aromatic carbocycles. The standard InChI is InChI=1S/C20H27F/c1-8-9-17(11-10-16(4)20(5,6)7)18-12-14(2)15(3)13-19(18)21/h9-13H,4,8H2,1-3,5-7H3/b11-10-,17-9+. The minimum absolute atomic E-state index is 0.0234. The molecule has 1 aromatic rings. The first-order valence-corrected chi connectivity index (χ1v) is 7.51. The van der Waals surface area contributed by atoms with Crippen molar-refractivity contribution >= 4 is 5.57 Å². The third kappa shape index (κ3) is 4.70. The van der Waals surface area contributed by atoms with Gasteiger partial charge in [0.25, 0.3) is 0 Å². The van der Waals surface area contributed by atoms with Gasteiger partial charge < -0.3 is 0 Å². The highest BCUT2D eigenvalue weighted by Crippen LogP contribution is 2.28. The van der Waals surface area contributed by atoms with Gasteiger partial charge in [-0.25, -0.2) is 4.39 Å². The zero-order valence-electron chi connectivity index (χ0n) is 14.2. The van der Waals surface area contributed by atoms with Gasteiger partial charge in [-0.2, -0.15) is 0 Å². The quantitative estimate of drug-likeness (QED) is 0.562. The lowest BCUT2D eigenvalue weighted by Crippen LogP contribution is -2.05. The second-order valence-electron chi connectivity index (χ2n) is 6.59. The molecule has 0 nitrogen and oxygen atoms in total. The largest absolute Gasteiger partial charge is 0.206 e. The summed E-state index contributed by atoms with van der Waals surface area (Å²) in [6.45, 7) is 16.5. The zero-order chi connectivity index (χ0) is 16.2. The molecule has 0 radical (unpaired) electrons. The smallest absolute Gasteiger partial charge is 0.131 e. The van der Waals surface area contributed by atoms with E-state index < -0.39 is 0 Å². The molecular weight excluding hydrogens is 259 g/mol. The van der Waals surface area contributed by atoms with Gasteiger partial charge in [-0.15, -0.1) is 0 Å². The van der Waals surface area contributed by atoms with Crippen LogP contribution in [0, 0.1) is 25.1 Å². The molecule has 0 saturated carbocycles. The first-order chi connectivity index (χ1) is 9.66. The van der Waals surface area contributed by atoms with Crippen molar-refractivity contribution < 1.29 is 4.39 Å². The van der Waals surface area contributed by atoms with Crippen molar-refractivity contribution in [2.24, 2.45) is 5.41 Å². The summed E-state index contributed by atoms with van der Waals surface area (Å²) in [5.41, 5.74) is 4.73. The second kappa shape index (κ2) is 6.89. The summed E-state index contributed by atoms with van der Waals surface area (Å²) in [6.07, 6.45) is 6.90. The molecule has 0 aliphatic carbocycles. The highest BCUT2D eigenvalue weighted by molar-refractivity contribution is 5.75. The summed E-state index contributed by atoms with van der Waals surface area (Å²) in [7, 11) is 0. The number of allylic oxidation sites excluding steroid dienone is 5. The average molecular weight is 286 g/mol. The van der Waals surface area contributed by atoms with E-state index in [0.29, 0.717) is 5.56 Å². The number of hydrogen-bond acceptors (Lipinski definition) is 0. The van der Waals surface area contributed by atoms with E-state index in [0.717, 1.165) is 28.7 Å². The molecule has 0 unspecified atom stereocenters. The van der Waals surface area contributed by atoms with Crippen LogP contribution in [0.25, 0.3) is 5.57 Å². The zero-order valence-corrected chi connectivity index (χ0v) is 14.2. The SMILES string of the molecule is C=C(/C=C\C(=C/CC)c1cc(C)c(C)cc1F)C(C)(C)C. The van der Waals surface area contributed by atoms with Gasteiger partial charge in [-0.3, -0.25) is 0 Å². The van der Waals surface area contributed by atoms with Crippen LogP contribution >= 0.6 is 0 Å². The summed E-state index contributed by atoms with van der Waals surface area (Å²) in [5.74, 6) is -0.163. The average Bonchev–Trinajstić information content (AvgIpc) is 2.37. The van der Waals surface area contributed by atoms with Crippen LogP contribution in [0.2, 0.25) is 0 Å². The van der Waals surface area contributed by atoms with Crippen molar-refractivity contribution in [3.8, 4) is 0 Å². The first kappa shape index (κ1) is 17.4. The van der Waals surface area contributed by atoms with E-state index in [1.165, 1.54) is 0 Å². The summed E-state index contributed by atoms with van der Waals surface area (Å²) >= 11 is 0. The summed E-state index contributed by atoms with van der Waals surface area (Å²) < 4.78 is 14.3. The van der Waals surface area contributed by atoms with Crippen molar-refractivity contribution in [3.63, 3.8) is 0 Å². The molecule has 0 spiro atoms. The van der Waals surface area contributed by atoms with Crippen LogP contribution in [0.4, 0.5) is 4.39 Å². The van der Waals surface area contributed by atoms with E-state index in [-0.39, 0.29) is 11.2 Å². The van der Waals surface area contributed by atoms with Crippen molar-refractivity contribution in [2.75, 3.05) is 0 Å². The minimum Gasteiger partial charge on any atom is -0.206 e. The van der Waals surface area contributed by atoms with Gasteiger partial charge in [0.1, 0.15) is 5.82 Å². The van der Waals surface area contributed by atoms with E-state index in [1.54, 1.807) is 6.07 Å². The third-order valence-corrected chi connectivity index (χ3v) is 3.75. The number of rotatable bonds is 4. The molecule has 0 heterocycles. The number of benzene rings is 1. The number of halogens is 1. The molecule has 0 N–H and O–H groups in total. The van der Waals surface area contributed by atoms with E-state index in [1.807, 2.05) is 32.1 Å². The van der Waals surface area contributed by atoms with Crippen molar-refractivity contribution in [3.05, 3.63) is 65.0 Å². The van der Waals surface area contributed by atoms with Crippen LogP contribution in [0.5, 0.6) is 0 Å². The molecule has 0 aliphatic rings. The maximum absolute atomic E-state index is 14.3. The van der Waals surface area contributed by atoms with Crippen molar-refractivity contribution in [1.82, 2.24) is 0 Å². The molecule has 0 saturated heterocycles. The molecule has 0 aromatic heterocycles. The van der Waals surface area contributed by atoms with Crippen LogP contribution in [-0.2, 0) is 0 Å². The molecule has 0 fully saturated rings. The van der Waals surface area contributed by atoms with Crippen molar-refractivity contribution in [1.29, 1.82) is 0 Å². The predicted octanol–water partition coefficient (Wildman–Crippen LogP) is 6.39. The van der Waals surface area contributed by atoms with Gasteiger partial charge >= 0.3 is 0 Å². The van der Waals surface area contributed by atoms with Crippen LogP contribution in [-0.4, -0.2) is 0 Å². The Morgan fingerprint density at radius 1 is 1.14 bits per heavy atom. The minimum atomic E-state index is -0.163. The van der Waals surface area contributed by atoms with E-state index in [2.05, 4.69) is 40.3 Å². The van der Waals surface area contributed by atoms with Gasteiger partial charge in [0.05, 0.1) is 0 Å². The molecule has 21 heavy (non-hydrogen) atoms. The van der Waals surface area contributed by atoms with Gasteiger partial charge in [0.15, 0.2) is 0 Å². The van der Waals surface area contributed by atoms with Crippen molar-refractivity contribution in [2.45, 2.75) is 48.0 Å². The normalized spacial score (nSPS) is 13.0. The van der Waals surface area contributed by atoms with Crippen LogP contribution in [0.15, 0.2) is 42.5 Å². The lowest BCUT2D eigenvalue weighted by atomic mass is 9.87. The molecule has 1 heteroatoms. The highest BCUT2D eigenvalue weighted by atomic mass is 19.1. The fourth-order valence-corrected chi connectivity index (χ4v) is 1.93. The molecule has 0 amide bonds. The molecular formula is C20H27F. The van der Waals surface area contributed by atoms with E-state index in [4.69, 9.17) is 0 Å². The Balaban J connectivity index is 3.21. The number of aryl methyl sites for hydroxylation is 2. The highest BCUT2D eigenvalue weighted by Gasteiger charge is 2.13. The molecule has 1 rings (SSSR count). The predicted molar refractivity (Wildman–Crippen MR) is 91.9 cm³/mol. The van der Waals surface area contributed by atoms with Crippen LogP contribution in [0.3, 0.4) is 0 Å². The Labute approximate surface area is 129 Å². The van der Waals surface area contributed by atoms with Crippen LogP contribution < -0.4 is 0 Å². The second-order valence-corrected chi connectivity index (χ2v) is 6.59. The number of hydrogen-bond donors (Lipinski definition) is 0. The van der Waals surface area contributed by atoms with Crippen LogP contribution in [0.1, 0.15) is 50.8 Å². The Hall–Kier alpha value is -1.63.